The van der Waals surface area contributed by atoms with E-state index in [1.54, 1.807) is 18.3 Å². The van der Waals surface area contributed by atoms with Gasteiger partial charge in [-0.05, 0) is 36.8 Å². The number of fused-ring (bicyclic) bond motifs is 1. The summed E-state index contributed by atoms with van der Waals surface area (Å²) in [7, 11) is 1.33. The van der Waals surface area contributed by atoms with Gasteiger partial charge in [0.05, 0.1) is 19.2 Å². The predicted octanol–water partition coefficient (Wildman–Crippen LogP) is 1.43. The number of rotatable bonds is 8. The van der Waals surface area contributed by atoms with E-state index in [9.17, 15) is 37.6 Å². The van der Waals surface area contributed by atoms with Crippen molar-refractivity contribution in [2.75, 3.05) is 13.6 Å². The highest BCUT2D eigenvalue weighted by atomic mass is 19.4. The second-order valence-corrected chi connectivity index (χ2v) is 11.4. The second-order valence-electron chi connectivity index (χ2n) is 11.4. The summed E-state index contributed by atoms with van der Waals surface area (Å²) in [6, 6.07) is 1.75. The average Bonchev–Trinajstić information content (AvgIpc) is 3.87. The lowest BCUT2D eigenvalue weighted by Gasteiger charge is -2.34. The number of hydrogen-bond donors (Lipinski definition) is 2. The van der Waals surface area contributed by atoms with E-state index in [-0.39, 0.29) is 44.2 Å². The van der Waals surface area contributed by atoms with Crippen molar-refractivity contribution in [3.63, 3.8) is 0 Å². The van der Waals surface area contributed by atoms with Gasteiger partial charge in [0.1, 0.15) is 29.6 Å². The van der Waals surface area contributed by atoms with Crippen LogP contribution in [-0.2, 0) is 25.7 Å². The van der Waals surface area contributed by atoms with E-state index in [2.05, 4.69) is 16.4 Å². The van der Waals surface area contributed by atoms with Crippen LogP contribution in [0.3, 0.4) is 0 Å². The molecular formula is C27H31F3N6O5. The number of nitrogens with zero attached hydrogens (tertiary/aromatic N) is 4. The van der Waals surface area contributed by atoms with Gasteiger partial charge in [-0.1, -0.05) is 25.7 Å². The number of halogens is 3. The van der Waals surface area contributed by atoms with Crippen molar-refractivity contribution < 1.29 is 37.1 Å². The summed E-state index contributed by atoms with van der Waals surface area (Å²) in [6.45, 7) is -0.154. The molecule has 4 amide bonds. The van der Waals surface area contributed by atoms with Crippen LogP contribution in [0.15, 0.2) is 18.3 Å². The summed E-state index contributed by atoms with van der Waals surface area (Å²) in [5, 5.41) is 14.5. The van der Waals surface area contributed by atoms with Crippen molar-refractivity contribution in [3.05, 3.63) is 24.0 Å². The molecule has 1 spiro atoms. The molecule has 3 fully saturated rings. The zero-order valence-electron chi connectivity index (χ0n) is 22.4. The summed E-state index contributed by atoms with van der Waals surface area (Å²) < 4.78 is 45.2. The Bertz CT molecular complexity index is 1280. The van der Waals surface area contributed by atoms with E-state index < -0.39 is 53.5 Å². The molecule has 4 aliphatic rings. The van der Waals surface area contributed by atoms with E-state index in [0.717, 1.165) is 30.6 Å². The Morgan fingerprint density at radius 3 is 2.59 bits per heavy atom. The first-order valence-corrected chi connectivity index (χ1v) is 13.7. The monoisotopic (exact) mass is 576 g/mol. The number of carbonyl (C=O) groups excluding carboxylic acids is 4. The van der Waals surface area contributed by atoms with Gasteiger partial charge in [-0.15, -0.1) is 0 Å². The molecule has 4 atom stereocenters. The fourth-order valence-electron chi connectivity index (χ4n) is 5.52. The number of ether oxygens (including phenoxy) is 1. The maximum absolute atomic E-state index is 14.0. The second kappa shape index (κ2) is 10.8. The average molecular weight is 577 g/mol. The van der Waals surface area contributed by atoms with Crippen LogP contribution in [0.4, 0.5) is 13.2 Å². The quantitative estimate of drug-likeness (QED) is 0.476. The van der Waals surface area contributed by atoms with E-state index in [1.807, 2.05) is 5.32 Å². The van der Waals surface area contributed by atoms with E-state index >= 15 is 0 Å². The number of pyridine rings is 1. The molecule has 1 aromatic rings. The highest BCUT2D eigenvalue weighted by Gasteiger charge is 2.56. The van der Waals surface area contributed by atoms with Crippen molar-refractivity contribution in [2.24, 2.45) is 11.8 Å². The third kappa shape index (κ3) is 6.08. The summed E-state index contributed by atoms with van der Waals surface area (Å²) in [6.07, 6.45) is -0.336. The summed E-state index contributed by atoms with van der Waals surface area (Å²) >= 11 is 0. The zero-order valence-corrected chi connectivity index (χ0v) is 22.4. The zero-order chi connectivity index (χ0) is 29.5. The van der Waals surface area contributed by atoms with Crippen LogP contribution in [-0.4, -0.2) is 81.9 Å². The van der Waals surface area contributed by atoms with Gasteiger partial charge in [0, 0.05) is 19.7 Å². The van der Waals surface area contributed by atoms with Crippen LogP contribution in [0.25, 0.3) is 0 Å². The Kier molecular flexibility index (Phi) is 7.56. The molecule has 14 heteroatoms. The van der Waals surface area contributed by atoms with Crippen LogP contribution in [0, 0.1) is 23.2 Å². The van der Waals surface area contributed by atoms with E-state index in [4.69, 9.17) is 4.74 Å². The highest BCUT2D eigenvalue weighted by Crippen LogP contribution is 2.39. The topological polar surface area (TPSA) is 145 Å². The third-order valence-electron chi connectivity index (χ3n) is 8.22. The SMILES string of the molecule is CN(C(=O)[C@H](CC1CC1)NC(=O)C(F)(F)F)[C@@H](CC1CC1)C(=O)N1C[C@@]2(C[C@H]1C#N)Oc1cccnc1CNC2=O. The summed E-state index contributed by atoms with van der Waals surface area (Å²) in [5.41, 5.74) is -1.07. The Morgan fingerprint density at radius 1 is 1.27 bits per heavy atom. The van der Waals surface area contributed by atoms with Crippen LogP contribution < -0.4 is 15.4 Å². The molecule has 0 unspecified atom stereocenters. The molecule has 0 aromatic carbocycles. The minimum atomic E-state index is -5.17. The van der Waals surface area contributed by atoms with Gasteiger partial charge in [0.2, 0.25) is 17.4 Å². The highest BCUT2D eigenvalue weighted by molar-refractivity contribution is 5.94. The molecule has 2 saturated carbocycles. The Hall–Kier alpha value is -3.89. The number of likely N-dealkylation sites (N-methyl/N-ethyl adjacent to an activating group) is 1. The number of aromatic nitrogens is 1. The van der Waals surface area contributed by atoms with Gasteiger partial charge in [-0.3, -0.25) is 24.2 Å². The standard InChI is InChI=1S/C27H31F3N6O5/c1-35(22(37)18(9-15-4-5-15)34-25(40)27(28,29)30)20(10-16-6-7-16)23(38)36-14-26(11-17(36)12-31)24(39)33-13-19-21(41-26)3-2-8-32-19/h2-3,8,15-18,20H,4-7,9-11,13-14H2,1H3,(H,33,39)(H,34,40)/t17-,18-,20-,26+/m0/s1. The smallest absolute Gasteiger partial charge is 0.471 e. The van der Waals surface area contributed by atoms with Gasteiger partial charge in [-0.2, -0.15) is 18.4 Å². The molecule has 1 saturated heterocycles. The van der Waals surface area contributed by atoms with Crippen molar-refractivity contribution in [1.82, 2.24) is 25.4 Å². The van der Waals surface area contributed by atoms with Gasteiger partial charge < -0.3 is 25.2 Å². The lowest BCUT2D eigenvalue weighted by molar-refractivity contribution is -0.175. The van der Waals surface area contributed by atoms with Crippen molar-refractivity contribution in [3.8, 4) is 11.8 Å². The first-order valence-electron chi connectivity index (χ1n) is 13.7. The fourth-order valence-corrected chi connectivity index (χ4v) is 5.52. The number of likely N-dealkylation sites (tertiary alicyclic amines) is 1. The van der Waals surface area contributed by atoms with Gasteiger partial charge >= 0.3 is 12.1 Å². The van der Waals surface area contributed by atoms with Gasteiger partial charge in [-0.25, -0.2) is 0 Å². The number of amides is 4. The molecule has 0 bridgehead atoms. The Morgan fingerprint density at radius 2 is 1.95 bits per heavy atom. The first kappa shape index (κ1) is 28.6. The molecule has 1 aromatic heterocycles. The molecule has 2 N–H and O–H groups in total. The van der Waals surface area contributed by atoms with Crippen molar-refractivity contribution >= 4 is 23.6 Å². The maximum Gasteiger partial charge on any atom is 0.471 e. The van der Waals surface area contributed by atoms with Crippen molar-refractivity contribution in [1.29, 1.82) is 5.26 Å². The fraction of sp³-hybridized carbons (Fsp3) is 0.630. The molecular weight excluding hydrogens is 545 g/mol. The van der Waals surface area contributed by atoms with Crippen LogP contribution in [0.2, 0.25) is 0 Å². The molecule has 2 aliphatic carbocycles. The van der Waals surface area contributed by atoms with E-state index in [1.165, 1.54) is 11.9 Å². The van der Waals surface area contributed by atoms with Crippen molar-refractivity contribution in [2.45, 2.75) is 81.4 Å². The summed E-state index contributed by atoms with van der Waals surface area (Å²) in [4.78, 5) is 59.0. The largest absolute Gasteiger partial charge is 0.473 e. The van der Waals surface area contributed by atoms with E-state index in [0.29, 0.717) is 11.4 Å². The third-order valence-corrected chi connectivity index (χ3v) is 8.22. The lowest BCUT2D eigenvalue weighted by atomic mass is 9.99. The normalized spacial score (nSPS) is 25.2. The Balaban J connectivity index is 1.39. The van der Waals surface area contributed by atoms with Crippen LogP contribution in [0.5, 0.6) is 5.75 Å². The molecule has 2 aliphatic heterocycles. The molecule has 220 valence electrons. The number of nitrogens with one attached hydrogen (secondary N) is 2. The number of alkyl halides is 3. The Labute approximate surface area is 234 Å². The van der Waals surface area contributed by atoms with Crippen LogP contribution in [0.1, 0.15) is 50.6 Å². The number of nitriles is 1. The van der Waals surface area contributed by atoms with Crippen LogP contribution >= 0.6 is 0 Å². The van der Waals surface area contributed by atoms with Gasteiger partial charge in [0.25, 0.3) is 5.91 Å². The minimum absolute atomic E-state index is 0.00754. The predicted molar refractivity (Wildman–Crippen MR) is 134 cm³/mol. The molecule has 41 heavy (non-hydrogen) atoms. The maximum atomic E-state index is 14.0. The minimum Gasteiger partial charge on any atom is -0.473 e. The summed E-state index contributed by atoms with van der Waals surface area (Å²) in [5.74, 6) is -3.65. The van der Waals surface area contributed by atoms with Gasteiger partial charge in [0.15, 0.2) is 0 Å². The molecule has 0 radical (unpaired) electrons. The molecule has 11 nitrogen and oxygen atoms in total. The lowest BCUT2D eigenvalue weighted by Crippen LogP contribution is -2.58. The molecule has 3 heterocycles. The number of hydrogen-bond acceptors (Lipinski definition) is 7. The first-order chi connectivity index (χ1) is 19.4. The molecule has 5 rings (SSSR count). The number of carbonyl (C=O) groups is 4.